The topological polar surface area (TPSA) is 28.0 Å². The van der Waals surface area contributed by atoms with Gasteiger partial charge in [-0.15, -0.1) is 0 Å². The number of para-hydroxylation sites is 2. The summed E-state index contributed by atoms with van der Waals surface area (Å²) >= 11 is 1.52. The Hall–Kier alpha value is -3.89. The molecule has 1 heterocycles. The number of nitrogens with zero attached hydrogens (tertiary/aromatic N) is 3. The van der Waals surface area contributed by atoms with Crippen LogP contribution in [0.1, 0.15) is 57.2 Å². The molecule has 4 aromatic carbocycles. The predicted molar refractivity (Wildman–Crippen MR) is 174 cm³/mol. The molecule has 0 N–H and O–H groups in total. The van der Waals surface area contributed by atoms with Crippen molar-refractivity contribution in [3.05, 3.63) is 120 Å². The standard InChI is InChI=1S/C36H35N3S/c1-5-36(6-2)32-21-26(34(25(3)4)35-37-23-40-24-38-35)17-19-30(32)31-20-18-29(22-33(31)36)39(27-13-9-7-10-14-27)28-15-11-8-12-16-28/h7-25H,5-6H2,1-4H3. The van der Waals surface area contributed by atoms with Crippen molar-refractivity contribution < 1.29 is 0 Å². The van der Waals surface area contributed by atoms with E-state index in [-0.39, 0.29) is 5.41 Å². The molecule has 0 aromatic heterocycles. The first-order valence-electron chi connectivity index (χ1n) is 14.2. The number of aliphatic imine (C=N–C) groups is 2. The summed E-state index contributed by atoms with van der Waals surface area (Å²) < 4.78 is 0. The van der Waals surface area contributed by atoms with Gasteiger partial charge in [0.1, 0.15) is 0 Å². The SMILES string of the molecule is CCC1(CC)c2cc(C(=C3N=CSC=N3)C(C)C)ccc2-c2ccc(N(c3ccccc3)c3ccccc3)cc21. The van der Waals surface area contributed by atoms with Gasteiger partial charge >= 0.3 is 0 Å². The van der Waals surface area contributed by atoms with E-state index in [0.29, 0.717) is 5.92 Å². The lowest BCUT2D eigenvalue weighted by atomic mass is 9.73. The third-order valence-corrected chi connectivity index (χ3v) is 8.89. The van der Waals surface area contributed by atoms with Gasteiger partial charge in [0.2, 0.25) is 0 Å². The summed E-state index contributed by atoms with van der Waals surface area (Å²) in [6, 6.07) is 35.4. The zero-order valence-electron chi connectivity index (χ0n) is 23.6. The van der Waals surface area contributed by atoms with Crippen molar-refractivity contribution >= 4 is 45.5 Å². The fraction of sp³-hybridized carbons (Fsp3) is 0.222. The highest BCUT2D eigenvalue weighted by Crippen LogP contribution is 2.55. The molecule has 3 nitrogen and oxygen atoms in total. The van der Waals surface area contributed by atoms with Gasteiger partial charge in [0.15, 0.2) is 5.82 Å². The number of fused-ring (bicyclic) bond motifs is 3. The highest BCUT2D eigenvalue weighted by atomic mass is 32.2. The number of rotatable bonds is 7. The van der Waals surface area contributed by atoms with Crippen LogP contribution in [0, 0.1) is 5.92 Å². The molecule has 0 bridgehead atoms. The number of anilines is 3. The van der Waals surface area contributed by atoms with Crippen LogP contribution < -0.4 is 4.90 Å². The molecule has 0 atom stereocenters. The molecule has 0 saturated heterocycles. The number of hydrogen-bond acceptors (Lipinski definition) is 4. The van der Waals surface area contributed by atoms with Crippen molar-refractivity contribution in [2.75, 3.05) is 4.90 Å². The lowest BCUT2D eigenvalue weighted by Gasteiger charge is -2.32. The van der Waals surface area contributed by atoms with Gasteiger partial charge in [-0.25, -0.2) is 9.98 Å². The second-order valence-electron chi connectivity index (χ2n) is 10.8. The zero-order chi connectivity index (χ0) is 27.7. The van der Waals surface area contributed by atoms with E-state index in [0.717, 1.165) is 30.0 Å². The maximum absolute atomic E-state index is 4.64. The first-order chi connectivity index (χ1) is 19.6. The lowest BCUT2D eigenvalue weighted by molar-refractivity contribution is 0.490. The predicted octanol–water partition coefficient (Wildman–Crippen LogP) is 10.4. The maximum atomic E-state index is 4.64. The Balaban J connectivity index is 1.52. The molecule has 1 aliphatic heterocycles. The Morgan fingerprint density at radius 1 is 0.700 bits per heavy atom. The summed E-state index contributed by atoms with van der Waals surface area (Å²) in [5, 5.41) is 0. The van der Waals surface area contributed by atoms with E-state index < -0.39 is 0 Å². The fourth-order valence-electron chi connectivity index (χ4n) is 6.48. The molecule has 2 aliphatic rings. The van der Waals surface area contributed by atoms with Gasteiger partial charge in [0.25, 0.3) is 0 Å². The molecule has 4 aromatic rings. The molecule has 6 rings (SSSR count). The summed E-state index contributed by atoms with van der Waals surface area (Å²) in [5.74, 6) is 1.13. The average Bonchev–Trinajstić information content (AvgIpc) is 3.27. The third kappa shape index (κ3) is 4.41. The van der Waals surface area contributed by atoms with Crippen LogP contribution in [0.25, 0.3) is 16.7 Å². The molecule has 0 radical (unpaired) electrons. The summed E-state index contributed by atoms with van der Waals surface area (Å²) in [4.78, 5) is 11.6. The molecule has 0 spiro atoms. The molecule has 0 amide bonds. The molecule has 40 heavy (non-hydrogen) atoms. The minimum absolute atomic E-state index is 0.0581. The Kier molecular flexibility index (Phi) is 7.20. The fourth-order valence-corrected chi connectivity index (χ4v) is 6.86. The molecule has 0 saturated carbocycles. The number of allylic oxidation sites excluding steroid dienone is 1. The van der Waals surface area contributed by atoms with Gasteiger partial charge in [-0.2, -0.15) is 0 Å². The summed E-state index contributed by atoms with van der Waals surface area (Å²) in [5.41, 5.74) is 15.2. The highest BCUT2D eigenvalue weighted by Gasteiger charge is 2.41. The number of benzene rings is 4. The second-order valence-corrected chi connectivity index (χ2v) is 11.5. The minimum atomic E-state index is -0.0581. The van der Waals surface area contributed by atoms with E-state index >= 15 is 0 Å². The minimum Gasteiger partial charge on any atom is -0.310 e. The van der Waals surface area contributed by atoms with Crippen LogP contribution in [0.15, 0.2) is 113 Å². The van der Waals surface area contributed by atoms with Gasteiger partial charge in [0, 0.05) is 28.1 Å². The van der Waals surface area contributed by atoms with Crippen LogP contribution in [0.2, 0.25) is 0 Å². The Morgan fingerprint density at radius 2 is 1.25 bits per heavy atom. The van der Waals surface area contributed by atoms with Crippen molar-refractivity contribution in [1.29, 1.82) is 0 Å². The monoisotopic (exact) mass is 541 g/mol. The van der Waals surface area contributed by atoms with Gasteiger partial charge in [-0.3, -0.25) is 0 Å². The van der Waals surface area contributed by atoms with Gasteiger partial charge in [-0.1, -0.05) is 94.1 Å². The van der Waals surface area contributed by atoms with Crippen molar-refractivity contribution in [2.45, 2.75) is 46.0 Å². The van der Waals surface area contributed by atoms with Crippen LogP contribution in [0.3, 0.4) is 0 Å². The first kappa shape index (κ1) is 26.3. The molecule has 1 aliphatic carbocycles. The van der Waals surface area contributed by atoms with Gasteiger partial charge < -0.3 is 4.90 Å². The van der Waals surface area contributed by atoms with Crippen molar-refractivity contribution in [3.63, 3.8) is 0 Å². The Bertz CT molecular complexity index is 1560. The quantitative estimate of drug-likeness (QED) is 0.233. The maximum Gasteiger partial charge on any atom is 0.157 e. The van der Waals surface area contributed by atoms with E-state index in [4.69, 9.17) is 0 Å². The number of hydrogen-bond donors (Lipinski definition) is 0. The Labute approximate surface area is 242 Å². The molecule has 200 valence electrons. The first-order valence-corrected chi connectivity index (χ1v) is 15.2. The van der Waals surface area contributed by atoms with Crippen LogP contribution >= 0.6 is 11.8 Å². The van der Waals surface area contributed by atoms with E-state index in [1.165, 1.54) is 50.8 Å². The van der Waals surface area contributed by atoms with E-state index in [9.17, 15) is 0 Å². The molecular formula is C36H35N3S. The third-order valence-electron chi connectivity index (χ3n) is 8.44. The van der Waals surface area contributed by atoms with Crippen LogP contribution in [0.5, 0.6) is 0 Å². The summed E-state index contributed by atoms with van der Waals surface area (Å²) in [7, 11) is 0. The number of thioether (sulfide) groups is 1. The van der Waals surface area contributed by atoms with E-state index in [2.05, 4.69) is 140 Å². The zero-order valence-corrected chi connectivity index (χ0v) is 24.5. The van der Waals surface area contributed by atoms with E-state index in [1.807, 2.05) is 11.1 Å². The van der Waals surface area contributed by atoms with Gasteiger partial charge in [-0.05, 0) is 89.0 Å². The van der Waals surface area contributed by atoms with Gasteiger partial charge in [0.05, 0.1) is 11.1 Å². The normalized spacial score (nSPS) is 14.8. The van der Waals surface area contributed by atoms with Crippen LogP contribution in [-0.4, -0.2) is 11.1 Å². The summed E-state index contributed by atoms with van der Waals surface area (Å²) in [6.07, 6.45) is 2.07. The lowest BCUT2D eigenvalue weighted by Crippen LogP contribution is -2.23. The van der Waals surface area contributed by atoms with Crippen molar-refractivity contribution in [3.8, 4) is 11.1 Å². The molecule has 0 unspecified atom stereocenters. The van der Waals surface area contributed by atoms with Crippen molar-refractivity contribution in [2.24, 2.45) is 15.9 Å². The largest absolute Gasteiger partial charge is 0.310 e. The molecular weight excluding hydrogens is 506 g/mol. The average molecular weight is 542 g/mol. The summed E-state index contributed by atoms with van der Waals surface area (Å²) in [6.45, 7) is 9.14. The van der Waals surface area contributed by atoms with Crippen LogP contribution in [-0.2, 0) is 5.41 Å². The smallest absolute Gasteiger partial charge is 0.157 e. The molecule has 0 fully saturated rings. The molecule has 4 heteroatoms. The second kappa shape index (κ2) is 10.9. The Morgan fingerprint density at radius 3 is 1.80 bits per heavy atom. The highest BCUT2D eigenvalue weighted by molar-refractivity contribution is 8.23. The van der Waals surface area contributed by atoms with Crippen LogP contribution in [0.4, 0.5) is 17.1 Å². The van der Waals surface area contributed by atoms with E-state index in [1.54, 1.807) is 0 Å². The van der Waals surface area contributed by atoms with Crippen molar-refractivity contribution in [1.82, 2.24) is 0 Å².